The summed E-state index contributed by atoms with van der Waals surface area (Å²) in [6.07, 6.45) is 8.94. The molecule has 2 saturated heterocycles. The normalized spacial score (nSPS) is 25.1. The summed E-state index contributed by atoms with van der Waals surface area (Å²) in [6, 6.07) is 9.54. The highest BCUT2D eigenvalue weighted by molar-refractivity contribution is 5.53. The van der Waals surface area contributed by atoms with Crippen molar-refractivity contribution < 1.29 is 8.78 Å². The minimum atomic E-state index is -2.46. The first-order valence-corrected chi connectivity index (χ1v) is 10.2. The summed E-state index contributed by atoms with van der Waals surface area (Å²) in [5.74, 6) is -2.46. The highest BCUT2D eigenvalue weighted by atomic mass is 19.3. The third kappa shape index (κ3) is 4.52. The molecule has 3 fully saturated rings. The fraction of sp³-hybridized carbons (Fsp3) is 0.636. The maximum atomic E-state index is 13.2. The number of piperidine rings is 2. The van der Waals surface area contributed by atoms with Gasteiger partial charge in [0.2, 0.25) is 0 Å². The first-order chi connectivity index (χ1) is 12.6. The van der Waals surface area contributed by atoms with E-state index in [9.17, 15) is 8.78 Å². The second-order valence-electron chi connectivity index (χ2n) is 8.30. The highest BCUT2D eigenvalue weighted by Crippen LogP contribution is 2.30. The third-order valence-electron chi connectivity index (χ3n) is 6.38. The van der Waals surface area contributed by atoms with E-state index in [-0.39, 0.29) is 12.8 Å². The van der Waals surface area contributed by atoms with E-state index in [1.807, 2.05) is 0 Å². The van der Waals surface area contributed by atoms with Gasteiger partial charge < -0.3 is 0 Å². The first-order valence-electron chi connectivity index (χ1n) is 10.2. The van der Waals surface area contributed by atoms with Crippen molar-refractivity contribution in [3.8, 4) is 0 Å². The molecule has 1 saturated carbocycles. The van der Waals surface area contributed by atoms with Crippen LogP contribution in [0.25, 0.3) is 6.08 Å². The Morgan fingerprint density at radius 2 is 1.62 bits per heavy atom. The lowest BCUT2D eigenvalue weighted by atomic mass is 9.89. The van der Waals surface area contributed by atoms with E-state index in [0.29, 0.717) is 13.1 Å². The van der Waals surface area contributed by atoms with Gasteiger partial charge in [-0.05, 0) is 36.8 Å². The molecular formula is C22H30F2N2. The smallest absolute Gasteiger partial charge is 0.250 e. The number of nitrogens with zero attached hydrogens (tertiary/aromatic N) is 2. The lowest BCUT2D eigenvalue weighted by Crippen LogP contribution is -2.43. The molecule has 0 unspecified atom stereocenters. The van der Waals surface area contributed by atoms with Crippen LogP contribution in [0.1, 0.15) is 56.1 Å². The summed E-state index contributed by atoms with van der Waals surface area (Å²) in [7, 11) is 0. The van der Waals surface area contributed by atoms with Gasteiger partial charge in [0.15, 0.2) is 0 Å². The molecule has 2 aliphatic heterocycles. The Kier molecular flexibility index (Phi) is 5.42. The van der Waals surface area contributed by atoms with Crippen molar-refractivity contribution in [1.82, 2.24) is 9.80 Å². The molecule has 1 aliphatic carbocycles. The topological polar surface area (TPSA) is 6.48 Å². The predicted molar refractivity (Wildman–Crippen MR) is 102 cm³/mol. The van der Waals surface area contributed by atoms with Crippen LogP contribution in [-0.2, 0) is 6.54 Å². The standard InChI is InChI=1S/C22H30F2N2/c23-22(24)10-14-25(15-11-22)17-20-6-4-18(5-7-20)16-19-8-12-26(13-9-19)21-2-1-3-21/h4-7,16,21H,1-3,8-15,17H2. The molecule has 0 bridgehead atoms. The maximum Gasteiger partial charge on any atom is 0.250 e. The molecule has 1 aromatic carbocycles. The number of halogens is 2. The number of benzene rings is 1. The Morgan fingerprint density at radius 3 is 2.19 bits per heavy atom. The van der Waals surface area contributed by atoms with Gasteiger partial charge >= 0.3 is 0 Å². The van der Waals surface area contributed by atoms with Crippen LogP contribution in [-0.4, -0.2) is 47.9 Å². The molecule has 26 heavy (non-hydrogen) atoms. The van der Waals surface area contributed by atoms with Gasteiger partial charge in [-0.25, -0.2) is 8.78 Å². The minimum absolute atomic E-state index is 0.00490. The van der Waals surface area contributed by atoms with Crippen molar-refractivity contribution in [3.05, 3.63) is 41.0 Å². The van der Waals surface area contributed by atoms with E-state index in [2.05, 4.69) is 40.1 Å². The summed E-state index contributed by atoms with van der Waals surface area (Å²) in [4.78, 5) is 4.81. The largest absolute Gasteiger partial charge is 0.300 e. The van der Waals surface area contributed by atoms with Crippen molar-refractivity contribution in [2.45, 2.75) is 63.5 Å². The van der Waals surface area contributed by atoms with Gasteiger partial charge in [0, 0.05) is 51.6 Å². The van der Waals surface area contributed by atoms with E-state index < -0.39 is 5.92 Å². The molecule has 0 spiro atoms. The van der Waals surface area contributed by atoms with E-state index in [1.165, 1.54) is 56.3 Å². The van der Waals surface area contributed by atoms with Crippen LogP contribution in [0.5, 0.6) is 0 Å². The highest BCUT2D eigenvalue weighted by Gasteiger charge is 2.33. The summed E-state index contributed by atoms with van der Waals surface area (Å²) >= 11 is 0. The van der Waals surface area contributed by atoms with E-state index in [1.54, 1.807) is 5.57 Å². The van der Waals surface area contributed by atoms with Gasteiger partial charge in [0.1, 0.15) is 0 Å². The SMILES string of the molecule is FC1(F)CCN(Cc2ccc(C=C3CCN(C4CCC4)CC3)cc2)CC1. The van der Waals surface area contributed by atoms with Crippen molar-refractivity contribution in [2.24, 2.45) is 0 Å². The van der Waals surface area contributed by atoms with Crippen molar-refractivity contribution in [2.75, 3.05) is 26.2 Å². The van der Waals surface area contributed by atoms with Gasteiger partial charge in [-0.1, -0.05) is 42.3 Å². The molecule has 2 nitrogen and oxygen atoms in total. The summed E-state index contributed by atoms with van der Waals surface area (Å²) in [6.45, 7) is 4.21. The van der Waals surface area contributed by atoms with Crippen LogP contribution < -0.4 is 0 Å². The van der Waals surface area contributed by atoms with Gasteiger partial charge in [-0.15, -0.1) is 0 Å². The van der Waals surface area contributed by atoms with Crippen molar-refractivity contribution in [1.29, 1.82) is 0 Å². The molecule has 0 amide bonds. The van der Waals surface area contributed by atoms with Crippen LogP contribution in [0, 0.1) is 0 Å². The molecule has 0 aromatic heterocycles. The molecule has 142 valence electrons. The lowest BCUT2D eigenvalue weighted by Gasteiger charge is -2.40. The van der Waals surface area contributed by atoms with Gasteiger partial charge in [0.25, 0.3) is 5.92 Å². The van der Waals surface area contributed by atoms with E-state index >= 15 is 0 Å². The minimum Gasteiger partial charge on any atom is -0.300 e. The Labute approximate surface area is 155 Å². The second-order valence-corrected chi connectivity index (χ2v) is 8.30. The Hall–Kier alpha value is -1.26. The number of hydrogen-bond donors (Lipinski definition) is 0. The number of alkyl halides is 2. The zero-order valence-electron chi connectivity index (χ0n) is 15.6. The maximum absolute atomic E-state index is 13.2. The molecule has 0 N–H and O–H groups in total. The number of likely N-dealkylation sites (tertiary alicyclic amines) is 2. The zero-order chi connectivity index (χ0) is 18.0. The first kappa shape index (κ1) is 18.1. The van der Waals surface area contributed by atoms with Crippen LogP contribution in [0.4, 0.5) is 8.78 Å². The van der Waals surface area contributed by atoms with Crippen LogP contribution in [0.15, 0.2) is 29.8 Å². The summed E-state index contributed by atoms with van der Waals surface area (Å²) in [5.41, 5.74) is 4.05. The second kappa shape index (κ2) is 7.77. The van der Waals surface area contributed by atoms with Crippen molar-refractivity contribution >= 4 is 6.08 Å². The average Bonchev–Trinajstić information content (AvgIpc) is 2.59. The van der Waals surface area contributed by atoms with Crippen LogP contribution >= 0.6 is 0 Å². The fourth-order valence-corrected chi connectivity index (χ4v) is 4.32. The summed E-state index contributed by atoms with van der Waals surface area (Å²) < 4.78 is 26.5. The number of rotatable bonds is 4. The van der Waals surface area contributed by atoms with Crippen LogP contribution in [0.2, 0.25) is 0 Å². The Balaban J connectivity index is 1.28. The van der Waals surface area contributed by atoms with Crippen LogP contribution in [0.3, 0.4) is 0 Å². The molecule has 0 atom stereocenters. The molecule has 0 radical (unpaired) electrons. The Morgan fingerprint density at radius 1 is 0.962 bits per heavy atom. The molecule has 4 rings (SSSR count). The predicted octanol–water partition coefficient (Wildman–Crippen LogP) is 4.95. The van der Waals surface area contributed by atoms with Gasteiger partial charge in [0.05, 0.1) is 0 Å². The average molecular weight is 360 g/mol. The third-order valence-corrected chi connectivity index (χ3v) is 6.38. The van der Waals surface area contributed by atoms with Gasteiger partial charge in [-0.3, -0.25) is 9.80 Å². The monoisotopic (exact) mass is 360 g/mol. The molecule has 2 heterocycles. The Bertz CT molecular complexity index is 614. The fourth-order valence-electron chi connectivity index (χ4n) is 4.32. The van der Waals surface area contributed by atoms with E-state index in [0.717, 1.165) is 12.6 Å². The number of hydrogen-bond acceptors (Lipinski definition) is 2. The van der Waals surface area contributed by atoms with Gasteiger partial charge in [-0.2, -0.15) is 0 Å². The quantitative estimate of drug-likeness (QED) is 0.750. The lowest BCUT2D eigenvalue weighted by molar-refractivity contribution is -0.0566. The molecule has 4 heteroatoms. The molecule has 3 aliphatic rings. The molecule has 1 aromatic rings. The molecular weight excluding hydrogens is 330 g/mol. The summed E-state index contributed by atoms with van der Waals surface area (Å²) in [5, 5.41) is 0. The zero-order valence-corrected chi connectivity index (χ0v) is 15.6. The van der Waals surface area contributed by atoms with Crippen molar-refractivity contribution in [3.63, 3.8) is 0 Å². The van der Waals surface area contributed by atoms with E-state index in [4.69, 9.17) is 0 Å².